The molecule has 0 unspecified atom stereocenters. The average Bonchev–Trinajstić information content (AvgIpc) is 2.91. The van der Waals surface area contributed by atoms with Gasteiger partial charge in [-0.15, -0.1) is 0 Å². The van der Waals surface area contributed by atoms with Crippen LogP contribution in [0.15, 0.2) is 40.8 Å². The van der Waals surface area contributed by atoms with Crippen LogP contribution in [0, 0.1) is 5.82 Å². The quantitative estimate of drug-likeness (QED) is 0.722. The van der Waals surface area contributed by atoms with E-state index in [1.807, 2.05) is 7.05 Å². The van der Waals surface area contributed by atoms with Crippen molar-refractivity contribution < 1.29 is 4.39 Å². The molecule has 0 amide bonds. The Kier molecular flexibility index (Phi) is 3.62. The van der Waals surface area contributed by atoms with Crippen LogP contribution in [0.5, 0.6) is 0 Å². The van der Waals surface area contributed by atoms with Crippen molar-refractivity contribution in [3.05, 3.63) is 42.2 Å². The number of imidazole rings is 1. The molecule has 5 nitrogen and oxygen atoms in total. The lowest BCUT2D eigenvalue weighted by Gasteiger charge is -2.08. The van der Waals surface area contributed by atoms with E-state index in [1.54, 1.807) is 12.4 Å². The summed E-state index contributed by atoms with van der Waals surface area (Å²) in [7, 11) is 1.83. The van der Waals surface area contributed by atoms with Crippen LogP contribution in [0.1, 0.15) is 5.56 Å². The summed E-state index contributed by atoms with van der Waals surface area (Å²) >= 11 is 1.47. The smallest absolute Gasteiger partial charge is 0.181 e. The summed E-state index contributed by atoms with van der Waals surface area (Å²) in [6, 6.07) is 4.74. The van der Waals surface area contributed by atoms with Gasteiger partial charge in [-0.2, -0.15) is 0 Å². The molecular weight excluding hydrogens is 277 g/mol. The Morgan fingerprint density at radius 2 is 2.20 bits per heavy atom. The van der Waals surface area contributed by atoms with Gasteiger partial charge in [0.05, 0.1) is 6.33 Å². The van der Waals surface area contributed by atoms with Crippen LogP contribution in [-0.4, -0.2) is 27.0 Å². The number of fused-ring (bicyclic) bond motifs is 1. The Morgan fingerprint density at radius 1 is 1.30 bits per heavy atom. The number of aromatic amines is 1. The first-order chi connectivity index (χ1) is 9.78. The van der Waals surface area contributed by atoms with E-state index in [2.05, 4.69) is 25.3 Å². The van der Waals surface area contributed by atoms with E-state index in [9.17, 15) is 4.39 Å². The summed E-state index contributed by atoms with van der Waals surface area (Å²) in [4.78, 5) is 16.4. The lowest BCUT2D eigenvalue weighted by Crippen LogP contribution is -2.06. The van der Waals surface area contributed by atoms with E-state index in [0.717, 1.165) is 21.0 Å². The van der Waals surface area contributed by atoms with Gasteiger partial charge in [0, 0.05) is 11.4 Å². The maximum atomic E-state index is 13.3. The molecule has 0 bridgehead atoms. The minimum Gasteiger partial charge on any atom is -0.341 e. The number of H-pyrrole nitrogens is 1. The van der Waals surface area contributed by atoms with E-state index in [-0.39, 0.29) is 5.82 Å². The van der Waals surface area contributed by atoms with Crippen LogP contribution in [0.25, 0.3) is 11.2 Å². The van der Waals surface area contributed by atoms with Gasteiger partial charge in [0.1, 0.15) is 22.7 Å². The Labute approximate surface area is 119 Å². The topological polar surface area (TPSA) is 66.5 Å². The Morgan fingerprint density at radius 3 is 3.05 bits per heavy atom. The summed E-state index contributed by atoms with van der Waals surface area (Å²) in [5.74, 6) is -0.242. The maximum Gasteiger partial charge on any atom is 0.181 e. The second-order valence-electron chi connectivity index (χ2n) is 4.16. The number of hydrogen-bond acceptors (Lipinski definition) is 5. The van der Waals surface area contributed by atoms with Crippen LogP contribution in [-0.2, 0) is 6.54 Å². The molecule has 0 aliphatic rings. The Hall–Kier alpha value is -1.99. The molecule has 2 N–H and O–H groups in total. The number of rotatable bonds is 4. The molecule has 3 aromatic rings. The first kappa shape index (κ1) is 13.0. The van der Waals surface area contributed by atoms with Gasteiger partial charge >= 0.3 is 0 Å². The fourth-order valence-corrected chi connectivity index (χ4v) is 2.86. The molecule has 0 radical (unpaired) electrons. The minimum absolute atomic E-state index is 0.242. The van der Waals surface area contributed by atoms with Crippen LogP contribution >= 0.6 is 11.8 Å². The predicted octanol–water partition coefficient (Wildman–Crippen LogP) is 2.36. The molecular formula is C13H12FN5S. The summed E-state index contributed by atoms with van der Waals surface area (Å²) in [5, 5.41) is 3.81. The normalized spacial score (nSPS) is 11.1. The van der Waals surface area contributed by atoms with Crippen molar-refractivity contribution in [2.45, 2.75) is 16.5 Å². The molecule has 102 valence electrons. The molecule has 20 heavy (non-hydrogen) atoms. The molecule has 2 heterocycles. The van der Waals surface area contributed by atoms with Crippen LogP contribution in [0.4, 0.5) is 4.39 Å². The summed E-state index contributed by atoms with van der Waals surface area (Å²) in [5.41, 5.74) is 2.31. The fraction of sp³-hybridized carbons (Fsp3) is 0.154. The average molecular weight is 289 g/mol. The van der Waals surface area contributed by atoms with Crippen LogP contribution < -0.4 is 5.32 Å². The molecule has 0 atom stereocenters. The minimum atomic E-state index is -0.242. The number of nitrogens with one attached hydrogen (secondary N) is 2. The third-order valence-corrected chi connectivity index (χ3v) is 3.91. The monoisotopic (exact) mass is 289 g/mol. The van der Waals surface area contributed by atoms with Crippen LogP contribution in [0.2, 0.25) is 0 Å². The zero-order valence-corrected chi connectivity index (χ0v) is 11.5. The van der Waals surface area contributed by atoms with Gasteiger partial charge in [-0.1, -0.05) is 11.8 Å². The van der Waals surface area contributed by atoms with E-state index >= 15 is 0 Å². The van der Waals surface area contributed by atoms with Crippen molar-refractivity contribution in [3.63, 3.8) is 0 Å². The van der Waals surface area contributed by atoms with Crippen LogP contribution in [0.3, 0.4) is 0 Å². The summed E-state index contributed by atoms with van der Waals surface area (Å²) in [6.07, 6.45) is 3.06. The zero-order valence-electron chi connectivity index (χ0n) is 10.7. The second kappa shape index (κ2) is 5.56. The van der Waals surface area contributed by atoms with Crippen molar-refractivity contribution in [1.29, 1.82) is 0 Å². The van der Waals surface area contributed by atoms with E-state index < -0.39 is 0 Å². The second-order valence-corrected chi connectivity index (χ2v) is 5.20. The first-order valence-electron chi connectivity index (χ1n) is 6.03. The SMILES string of the molecule is CNCc1cc(F)ccc1Sc1ncnc2nc[nH]c12. The summed E-state index contributed by atoms with van der Waals surface area (Å²) in [6.45, 7) is 0.595. The number of nitrogens with zero attached hydrogens (tertiary/aromatic N) is 3. The molecule has 0 saturated carbocycles. The van der Waals surface area contributed by atoms with Gasteiger partial charge in [0.15, 0.2) is 5.65 Å². The number of hydrogen-bond donors (Lipinski definition) is 2. The highest BCUT2D eigenvalue weighted by molar-refractivity contribution is 7.99. The Bertz CT molecular complexity index is 742. The summed E-state index contributed by atoms with van der Waals surface area (Å²) < 4.78 is 13.3. The van der Waals surface area contributed by atoms with Gasteiger partial charge in [-0.3, -0.25) is 0 Å². The highest BCUT2D eigenvalue weighted by atomic mass is 32.2. The molecule has 0 fully saturated rings. The van der Waals surface area contributed by atoms with Gasteiger partial charge in [0.25, 0.3) is 0 Å². The van der Waals surface area contributed by atoms with Crippen molar-refractivity contribution in [2.75, 3.05) is 7.05 Å². The fourth-order valence-electron chi connectivity index (χ4n) is 1.90. The van der Waals surface area contributed by atoms with Crippen molar-refractivity contribution in [3.8, 4) is 0 Å². The first-order valence-corrected chi connectivity index (χ1v) is 6.84. The molecule has 0 spiro atoms. The number of aromatic nitrogens is 4. The lowest BCUT2D eigenvalue weighted by molar-refractivity contribution is 0.621. The molecule has 3 rings (SSSR count). The maximum absolute atomic E-state index is 13.3. The molecule has 0 aliphatic carbocycles. The van der Waals surface area contributed by atoms with Gasteiger partial charge in [-0.05, 0) is 30.8 Å². The predicted molar refractivity (Wildman–Crippen MR) is 75.0 cm³/mol. The van der Waals surface area contributed by atoms with Gasteiger partial charge in [0.2, 0.25) is 0 Å². The third-order valence-electron chi connectivity index (χ3n) is 2.78. The van der Waals surface area contributed by atoms with Crippen molar-refractivity contribution in [1.82, 2.24) is 25.3 Å². The molecule has 0 saturated heterocycles. The number of halogens is 1. The highest BCUT2D eigenvalue weighted by Gasteiger charge is 2.11. The van der Waals surface area contributed by atoms with E-state index in [4.69, 9.17) is 0 Å². The molecule has 0 aliphatic heterocycles. The van der Waals surface area contributed by atoms with Gasteiger partial charge in [-0.25, -0.2) is 19.3 Å². The Balaban J connectivity index is 2.00. The number of benzene rings is 1. The largest absolute Gasteiger partial charge is 0.341 e. The van der Waals surface area contributed by atoms with Gasteiger partial charge < -0.3 is 10.3 Å². The van der Waals surface area contributed by atoms with E-state index in [1.165, 1.54) is 30.2 Å². The lowest BCUT2D eigenvalue weighted by atomic mass is 10.2. The standard InChI is InChI=1S/C13H12FN5S/c1-15-5-8-4-9(14)2-3-10(8)20-13-11-12(17-6-16-11)18-7-19-13/h2-4,6-7,15H,5H2,1H3,(H,16,17,18,19). The van der Waals surface area contributed by atoms with E-state index in [0.29, 0.717) is 12.2 Å². The highest BCUT2D eigenvalue weighted by Crippen LogP contribution is 2.32. The molecule has 2 aromatic heterocycles. The molecule has 1 aromatic carbocycles. The third kappa shape index (κ3) is 2.50. The zero-order chi connectivity index (χ0) is 13.9. The molecule has 7 heteroatoms. The van der Waals surface area contributed by atoms with Crippen molar-refractivity contribution in [2.24, 2.45) is 0 Å². The van der Waals surface area contributed by atoms with Crippen molar-refractivity contribution >= 4 is 22.9 Å².